The molecule has 1 fully saturated rings. The van der Waals surface area contributed by atoms with Gasteiger partial charge in [-0.25, -0.2) is 0 Å². The molecule has 1 saturated heterocycles. The number of halogens is 1. The predicted octanol–water partition coefficient (Wildman–Crippen LogP) is 3.50. The normalized spacial score (nSPS) is 15.2. The number of hydrogen-bond acceptors (Lipinski definition) is 4. The summed E-state index contributed by atoms with van der Waals surface area (Å²) >= 11 is 3.38. The van der Waals surface area contributed by atoms with Crippen molar-refractivity contribution in [1.29, 1.82) is 0 Å². The van der Waals surface area contributed by atoms with Crippen molar-refractivity contribution in [3.63, 3.8) is 0 Å². The van der Waals surface area contributed by atoms with Crippen LogP contribution in [0.15, 0.2) is 51.6 Å². The van der Waals surface area contributed by atoms with Gasteiger partial charge in [-0.15, -0.1) is 0 Å². The maximum absolute atomic E-state index is 12.8. The van der Waals surface area contributed by atoms with Crippen LogP contribution in [0.2, 0.25) is 0 Å². The molecule has 0 spiro atoms. The number of carbonyl (C=O) groups is 1. The van der Waals surface area contributed by atoms with Gasteiger partial charge in [0.2, 0.25) is 0 Å². The van der Waals surface area contributed by atoms with Gasteiger partial charge in [-0.1, -0.05) is 30.3 Å². The van der Waals surface area contributed by atoms with Crippen LogP contribution >= 0.6 is 15.9 Å². The van der Waals surface area contributed by atoms with E-state index in [4.69, 9.17) is 9.15 Å². The van der Waals surface area contributed by atoms with E-state index in [1.807, 2.05) is 34.9 Å². The summed E-state index contributed by atoms with van der Waals surface area (Å²) in [6.07, 6.45) is 0.923. The lowest BCUT2D eigenvalue weighted by Crippen LogP contribution is -2.38. The van der Waals surface area contributed by atoms with Gasteiger partial charge in [-0.2, -0.15) is 0 Å². The fourth-order valence-electron chi connectivity index (χ4n) is 3.56. The molecule has 0 aliphatic carbocycles. The van der Waals surface area contributed by atoms with Gasteiger partial charge in [-0.05, 0) is 34.5 Å². The average Bonchev–Trinajstić information content (AvgIpc) is 3.24. The molecule has 148 valence electrons. The SMILES string of the molecule is O=C(NCCCN1CCOCC1)c1cc2oc(Br)cc2n1Cc1ccccc1. The summed E-state index contributed by atoms with van der Waals surface area (Å²) in [6, 6.07) is 13.9. The van der Waals surface area contributed by atoms with E-state index < -0.39 is 0 Å². The number of carbonyl (C=O) groups excluding carboxylic acids is 1. The fourth-order valence-corrected chi connectivity index (χ4v) is 3.95. The van der Waals surface area contributed by atoms with Gasteiger partial charge < -0.3 is 19.0 Å². The van der Waals surface area contributed by atoms with E-state index >= 15 is 0 Å². The second-order valence-electron chi connectivity index (χ2n) is 6.96. The van der Waals surface area contributed by atoms with Crippen LogP contribution in [-0.2, 0) is 11.3 Å². The van der Waals surface area contributed by atoms with Crippen molar-refractivity contribution in [3.05, 3.63) is 58.4 Å². The Morgan fingerprint density at radius 1 is 1.14 bits per heavy atom. The van der Waals surface area contributed by atoms with Gasteiger partial charge in [0, 0.05) is 38.3 Å². The molecule has 1 aliphatic heterocycles. The largest absolute Gasteiger partial charge is 0.448 e. The lowest BCUT2D eigenvalue weighted by Gasteiger charge is -2.26. The predicted molar refractivity (Wildman–Crippen MR) is 112 cm³/mol. The van der Waals surface area contributed by atoms with Gasteiger partial charge in [0.05, 0.1) is 18.7 Å². The molecular weight excluding hydrogens is 422 g/mol. The number of fused-ring (bicyclic) bond motifs is 1. The highest BCUT2D eigenvalue weighted by Crippen LogP contribution is 2.27. The van der Waals surface area contributed by atoms with Gasteiger partial charge in [0.1, 0.15) is 5.69 Å². The van der Waals surface area contributed by atoms with Crippen LogP contribution in [0.3, 0.4) is 0 Å². The summed E-state index contributed by atoms with van der Waals surface area (Å²) in [7, 11) is 0. The third-order valence-corrected chi connectivity index (χ3v) is 5.41. The Bertz CT molecular complexity index is 929. The third-order valence-electron chi connectivity index (χ3n) is 5.02. The number of rotatable bonds is 7. The van der Waals surface area contributed by atoms with E-state index in [0.717, 1.165) is 50.3 Å². The molecule has 0 atom stereocenters. The fraction of sp³-hybridized carbons (Fsp3) is 0.381. The van der Waals surface area contributed by atoms with E-state index in [9.17, 15) is 4.79 Å². The van der Waals surface area contributed by atoms with Crippen molar-refractivity contribution >= 4 is 32.9 Å². The lowest BCUT2D eigenvalue weighted by molar-refractivity contribution is 0.0374. The van der Waals surface area contributed by atoms with Gasteiger partial charge in [-0.3, -0.25) is 9.69 Å². The van der Waals surface area contributed by atoms with Crippen LogP contribution < -0.4 is 5.32 Å². The minimum Gasteiger partial charge on any atom is -0.448 e. The van der Waals surface area contributed by atoms with Gasteiger partial charge >= 0.3 is 0 Å². The van der Waals surface area contributed by atoms with Crippen LogP contribution in [0.4, 0.5) is 0 Å². The molecule has 1 N–H and O–H groups in total. The number of amides is 1. The first-order valence-corrected chi connectivity index (χ1v) is 10.4. The molecule has 7 heteroatoms. The summed E-state index contributed by atoms with van der Waals surface area (Å²) in [4.78, 5) is 15.2. The van der Waals surface area contributed by atoms with Crippen molar-refractivity contribution < 1.29 is 13.9 Å². The highest BCUT2D eigenvalue weighted by molar-refractivity contribution is 9.10. The average molecular weight is 446 g/mol. The Hall–Kier alpha value is -2.09. The lowest BCUT2D eigenvalue weighted by atomic mass is 10.2. The van der Waals surface area contributed by atoms with Crippen LogP contribution in [0.5, 0.6) is 0 Å². The molecule has 3 heterocycles. The second kappa shape index (κ2) is 8.94. The van der Waals surface area contributed by atoms with Crippen molar-refractivity contribution in [2.75, 3.05) is 39.4 Å². The van der Waals surface area contributed by atoms with E-state index in [1.165, 1.54) is 0 Å². The minimum absolute atomic E-state index is 0.0690. The first-order chi connectivity index (χ1) is 13.7. The van der Waals surface area contributed by atoms with Crippen molar-refractivity contribution in [2.24, 2.45) is 0 Å². The Morgan fingerprint density at radius 3 is 2.71 bits per heavy atom. The van der Waals surface area contributed by atoms with E-state index in [0.29, 0.717) is 29.0 Å². The molecule has 1 aliphatic rings. The minimum atomic E-state index is -0.0690. The van der Waals surface area contributed by atoms with Gasteiger partial charge in [0.25, 0.3) is 5.91 Å². The highest BCUT2D eigenvalue weighted by atomic mass is 79.9. The van der Waals surface area contributed by atoms with E-state index in [1.54, 1.807) is 0 Å². The number of nitrogens with one attached hydrogen (secondary N) is 1. The molecule has 0 unspecified atom stereocenters. The molecule has 28 heavy (non-hydrogen) atoms. The summed E-state index contributed by atoms with van der Waals surface area (Å²) < 4.78 is 13.7. The van der Waals surface area contributed by atoms with Crippen molar-refractivity contribution in [3.8, 4) is 0 Å². The molecular formula is C21H24BrN3O3. The number of morpholine rings is 1. The molecule has 0 radical (unpaired) electrons. The van der Waals surface area contributed by atoms with Crippen LogP contribution in [0.25, 0.3) is 11.1 Å². The molecule has 6 nitrogen and oxygen atoms in total. The molecule has 1 aromatic carbocycles. The third kappa shape index (κ3) is 4.48. The number of nitrogens with zero attached hydrogens (tertiary/aromatic N) is 2. The zero-order valence-electron chi connectivity index (χ0n) is 15.7. The maximum atomic E-state index is 12.8. The number of ether oxygens (including phenoxy) is 1. The smallest absolute Gasteiger partial charge is 0.268 e. The maximum Gasteiger partial charge on any atom is 0.268 e. The monoisotopic (exact) mass is 445 g/mol. The quantitative estimate of drug-likeness (QED) is 0.565. The zero-order valence-corrected chi connectivity index (χ0v) is 17.3. The van der Waals surface area contributed by atoms with Crippen LogP contribution in [0, 0.1) is 0 Å². The molecule has 1 amide bonds. The van der Waals surface area contributed by atoms with Crippen molar-refractivity contribution in [2.45, 2.75) is 13.0 Å². The Balaban J connectivity index is 1.43. The number of benzene rings is 1. The van der Waals surface area contributed by atoms with Gasteiger partial charge in [0.15, 0.2) is 10.3 Å². The van der Waals surface area contributed by atoms with E-state index in [2.05, 4.69) is 38.3 Å². The highest BCUT2D eigenvalue weighted by Gasteiger charge is 2.19. The summed E-state index contributed by atoms with van der Waals surface area (Å²) in [5, 5.41) is 3.06. The van der Waals surface area contributed by atoms with Crippen molar-refractivity contribution in [1.82, 2.24) is 14.8 Å². The molecule has 3 aromatic rings. The Labute approximate surface area is 172 Å². The van der Waals surface area contributed by atoms with E-state index in [-0.39, 0.29) is 5.91 Å². The second-order valence-corrected chi connectivity index (χ2v) is 7.75. The topological polar surface area (TPSA) is 59.6 Å². The molecule has 0 saturated carbocycles. The summed E-state index contributed by atoms with van der Waals surface area (Å²) in [6.45, 7) is 5.79. The molecule has 4 rings (SSSR count). The van der Waals surface area contributed by atoms with Crippen LogP contribution in [0.1, 0.15) is 22.5 Å². The number of hydrogen-bond donors (Lipinski definition) is 1. The Kier molecular flexibility index (Phi) is 6.14. The summed E-state index contributed by atoms with van der Waals surface area (Å²) in [5.74, 6) is -0.0690. The zero-order chi connectivity index (χ0) is 19.3. The standard InChI is InChI=1S/C21H24BrN3O3/c22-20-14-17-19(28-20)13-18(25(17)15-16-5-2-1-3-6-16)21(26)23-7-4-8-24-9-11-27-12-10-24/h1-3,5-6,13-14H,4,7-12,15H2,(H,23,26). The molecule has 0 bridgehead atoms. The van der Waals surface area contributed by atoms with Crippen LogP contribution in [-0.4, -0.2) is 54.8 Å². The Morgan fingerprint density at radius 2 is 1.93 bits per heavy atom. The molecule has 2 aromatic heterocycles. The first kappa shape index (κ1) is 19.2. The first-order valence-electron chi connectivity index (χ1n) is 9.61. The number of aromatic nitrogens is 1. The number of furan rings is 1. The summed E-state index contributed by atoms with van der Waals surface area (Å²) in [5.41, 5.74) is 3.38.